The first-order valence-electron chi connectivity index (χ1n) is 6.98. The van der Waals surface area contributed by atoms with E-state index in [0.717, 1.165) is 24.3 Å². The van der Waals surface area contributed by atoms with E-state index in [4.69, 9.17) is 4.74 Å². The maximum atomic E-state index is 9.32. The topological polar surface area (TPSA) is 41.5 Å². The molecule has 0 aliphatic carbocycles. The molecule has 2 atom stereocenters. The van der Waals surface area contributed by atoms with E-state index < -0.39 is 0 Å². The molecule has 3 nitrogen and oxygen atoms in total. The van der Waals surface area contributed by atoms with Crippen molar-refractivity contribution in [2.75, 3.05) is 13.2 Å². The van der Waals surface area contributed by atoms with Crippen LogP contribution < -0.4 is 5.32 Å². The largest absolute Gasteiger partial charge is 0.508 e. The molecule has 1 heterocycles. The SMILES string of the molecule is C[C@@H]1NCCO[C@H]1c1ccc(-c2ccc(O)cc2)cc1. The van der Waals surface area contributed by atoms with Gasteiger partial charge in [0.25, 0.3) is 0 Å². The van der Waals surface area contributed by atoms with Crippen molar-refractivity contribution in [3.05, 3.63) is 54.1 Å². The highest BCUT2D eigenvalue weighted by Crippen LogP contribution is 2.27. The molecule has 1 saturated heterocycles. The van der Waals surface area contributed by atoms with Crippen molar-refractivity contribution < 1.29 is 9.84 Å². The van der Waals surface area contributed by atoms with E-state index in [9.17, 15) is 5.11 Å². The summed E-state index contributed by atoms with van der Waals surface area (Å²) in [4.78, 5) is 0. The van der Waals surface area contributed by atoms with Crippen LogP contribution in [-0.2, 0) is 4.74 Å². The zero-order valence-electron chi connectivity index (χ0n) is 11.5. The molecule has 3 heteroatoms. The highest BCUT2D eigenvalue weighted by Gasteiger charge is 2.22. The zero-order chi connectivity index (χ0) is 13.9. The Labute approximate surface area is 119 Å². The second kappa shape index (κ2) is 5.65. The minimum absolute atomic E-state index is 0.123. The number of ether oxygens (including phenoxy) is 1. The summed E-state index contributed by atoms with van der Waals surface area (Å²) < 4.78 is 5.84. The third kappa shape index (κ3) is 2.69. The molecule has 2 N–H and O–H groups in total. The lowest BCUT2D eigenvalue weighted by atomic mass is 9.98. The fourth-order valence-electron chi connectivity index (χ4n) is 2.63. The third-order valence-corrected chi connectivity index (χ3v) is 3.76. The molecule has 0 amide bonds. The molecular formula is C17H19NO2. The molecule has 2 aromatic carbocycles. The Morgan fingerprint density at radius 3 is 2.20 bits per heavy atom. The first-order valence-corrected chi connectivity index (χ1v) is 6.98. The molecule has 1 aliphatic heterocycles. The molecule has 1 fully saturated rings. The lowest BCUT2D eigenvalue weighted by Crippen LogP contribution is -2.41. The molecule has 0 spiro atoms. The van der Waals surface area contributed by atoms with Crippen molar-refractivity contribution in [3.8, 4) is 16.9 Å². The molecule has 20 heavy (non-hydrogen) atoms. The van der Waals surface area contributed by atoms with Crippen molar-refractivity contribution >= 4 is 0 Å². The minimum Gasteiger partial charge on any atom is -0.508 e. The van der Waals surface area contributed by atoms with Gasteiger partial charge in [0.15, 0.2) is 0 Å². The quantitative estimate of drug-likeness (QED) is 0.880. The highest BCUT2D eigenvalue weighted by molar-refractivity contribution is 5.64. The maximum absolute atomic E-state index is 9.32. The molecule has 0 saturated carbocycles. The van der Waals surface area contributed by atoms with E-state index in [1.165, 1.54) is 5.56 Å². The van der Waals surface area contributed by atoms with E-state index in [1.54, 1.807) is 12.1 Å². The first-order chi connectivity index (χ1) is 9.74. The summed E-state index contributed by atoms with van der Waals surface area (Å²) in [6, 6.07) is 16.0. The van der Waals surface area contributed by atoms with Gasteiger partial charge in [-0.15, -0.1) is 0 Å². The summed E-state index contributed by atoms with van der Waals surface area (Å²) in [5.74, 6) is 0.292. The molecule has 0 bridgehead atoms. The highest BCUT2D eigenvalue weighted by atomic mass is 16.5. The molecule has 3 rings (SSSR count). The van der Waals surface area contributed by atoms with Crippen LogP contribution in [-0.4, -0.2) is 24.3 Å². The Morgan fingerprint density at radius 1 is 1.00 bits per heavy atom. The number of benzene rings is 2. The molecule has 0 radical (unpaired) electrons. The summed E-state index contributed by atoms with van der Waals surface area (Å²) in [5.41, 5.74) is 3.45. The predicted molar refractivity (Wildman–Crippen MR) is 79.7 cm³/mol. The minimum atomic E-state index is 0.123. The number of aromatic hydroxyl groups is 1. The maximum Gasteiger partial charge on any atom is 0.115 e. The smallest absolute Gasteiger partial charge is 0.115 e. The molecule has 0 aromatic heterocycles. The average molecular weight is 269 g/mol. The number of hydrogen-bond acceptors (Lipinski definition) is 3. The van der Waals surface area contributed by atoms with Gasteiger partial charge in [-0.1, -0.05) is 36.4 Å². The van der Waals surface area contributed by atoms with Crippen LogP contribution in [0.5, 0.6) is 5.75 Å². The Morgan fingerprint density at radius 2 is 1.60 bits per heavy atom. The van der Waals surface area contributed by atoms with E-state index in [0.29, 0.717) is 11.8 Å². The summed E-state index contributed by atoms with van der Waals surface area (Å²) in [6.07, 6.45) is 0.123. The molecular weight excluding hydrogens is 250 g/mol. The van der Waals surface area contributed by atoms with Crippen LogP contribution in [0.2, 0.25) is 0 Å². The van der Waals surface area contributed by atoms with E-state index >= 15 is 0 Å². The fourth-order valence-corrected chi connectivity index (χ4v) is 2.63. The van der Waals surface area contributed by atoms with Crippen LogP contribution in [0.3, 0.4) is 0 Å². The Hall–Kier alpha value is -1.84. The summed E-state index contributed by atoms with van der Waals surface area (Å²) >= 11 is 0. The van der Waals surface area contributed by atoms with Crippen molar-refractivity contribution in [1.82, 2.24) is 5.32 Å². The van der Waals surface area contributed by atoms with Crippen LogP contribution in [0.25, 0.3) is 11.1 Å². The van der Waals surface area contributed by atoms with Crippen molar-refractivity contribution in [1.29, 1.82) is 0 Å². The predicted octanol–water partition coefficient (Wildman–Crippen LogP) is 3.11. The van der Waals surface area contributed by atoms with Crippen LogP contribution in [0, 0.1) is 0 Å². The number of morpholine rings is 1. The van der Waals surface area contributed by atoms with E-state index in [1.807, 2.05) is 12.1 Å². The molecule has 104 valence electrons. The second-order valence-electron chi connectivity index (χ2n) is 5.20. The van der Waals surface area contributed by atoms with Gasteiger partial charge in [-0.3, -0.25) is 0 Å². The summed E-state index contributed by atoms with van der Waals surface area (Å²) in [6.45, 7) is 3.83. The van der Waals surface area contributed by atoms with Crippen LogP contribution in [0.1, 0.15) is 18.6 Å². The molecule has 0 unspecified atom stereocenters. The lowest BCUT2D eigenvalue weighted by Gasteiger charge is -2.30. The van der Waals surface area contributed by atoms with Crippen LogP contribution in [0.15, 0.2) is 48.5 Å². The standard InChI is InChI=1S/C17H19NO2/c1-12-17(20-11-10-18-12)15-4-2-13(3-5-15)14-6-8-16(19)9-7-14/h2-9,12,17-19H,10-11H2,1H3/t12-,17+/m0/s1. The summed E-state index contributed by atoms with van der Waals surface area (Å²) in [5, 5.41) is 12.8. The van der Waals surface area contributed by atoms with E-state index in [2.05, 4.69) is 36.5 Å². The third-order valence-electron chi connectivity index (χ3n) is 3.76. The van der Waals surface area contributed by atoms with Gasteiger partial charge in [0.2, 0.25) is 0 Å². The second-order valence-corrected chi connectivity index (χ2v) is 5.20. The number of nitrogens with one attached hydrogen (secondary N) is 1. The van der Waals surface area contributed by atoms with Gasteiger partial charge in [-0.05, 0) is 35.7 Å². The Kier molecular flexibility index (Phi) is 3.72. The number of rotatable bonds is 2. The normalized spacial score (nSPS) is 22.6. The zero-order valence-corrected chi connectivity index (χ0v) is 11.5. The molecule has 1 aliphatic rings. The van der Waals surface area contributed by atoms with Crippen molar-refractivity contribution in [3.63, 3.8) is 0 Å². The van der Waals surface area contributed by atoms with Crippen LogP contribution in [0.4, 0.5) is 0 Å². The van der Waals surface area contributed by atoms with Gasteiger partial charge in [-0.25, -0.2) is 0 Å². The lowest BCUT2D eigenvalue weighted by molar-refractivity contribution is -0.000215. The van der Waals surface area contributed by atoms with Gasteiger partial charge in [0.1, 0.15) is 5.75 Å². The fraction of sp³-hybridized carbons (Fsp3) is 0.294. The van der Waals surface area contributed by atoms with Crippen molar-refractivity contribution in [2.45, 2.75) is 19.1 Å². The van der Waals surface area contributed by atoms with Crippen LogP contribution >= 0.6 is 0 Å². The van der Waals surface area contributed by atoms with Crippen molar-refractivity contribution in [2.24, 2.45) is 0 Å². The van der Waals surface area contributed by atoms with Gasteiger partial charge in [-0.2, -0.15) is 0 Å². The average Bonchev–Trinajstić information content (AvgIpc) is 2.49. The van der Waals surface area contributed by atoms with Gasteiger partial charge >= 0.3 is 0 Å². The Bertz CT molecular complexity index is 563. The number of phenolic OH excluding ortho intramolecular Hbond substituents is 1. The van der Waals surface area contributed by atoms with Gasteiger partial charge in [0.05, 0.1) is 12.7 Å². The Balaban J connectivity index is 1.82. The summed E-state index contributed by atoms with van der Waals surface area (Å²) in [7, 11) is 0. The number of phenols is 1. The van der Waals surface area contributed by atoms with Gasteiger partial charge in [0, 0.05) is 12.6 Å². The van der Waals surface area contributed by atoms with Gasteiger partial charge < -0.3 is 15.2 Å². The monoisotopic (exact) mass is 269 g/mol. The number of hydrogen-bond donors (Lipinski definition) is 2. The first kappa shape index (κ1) is 13.2. The van der Waals surface area contributed by atoms with E-state index in [-0.39, 0.29) is 6.10 Å². The molecule has 2 aromatic rings.